The minimum Gasteiger partial charge on any atom is -0.491 e. The van der Waals surface area contributed by atoms with Gasteiger partial charge in [-0.2, -0.15) is 13.2 Å². The van der Waals surface area contributed by atoms with Gasteiger partial charge in [-0.25, -0.2) is 19.2 Å². The number of methoxy groups -OCH3 is 1. The van der Waals surface area contributed by atoms with Crippen LogP contribution in [-0.2, 0) is 4.74 Å². The summed E-state index contributed by atoms with van der Waals surface area (Å²) in [7, 11) is 1.54. The van der Waals surface area contributed by atoms with Gasteiger partial charge in [-0.1, -0.05) is 0 Å². The van der Waals surface area contributed by atoms with E-state index in [0.717, 1.165) is 0 Å². The molecule has 0 aliphatic heterocycles. The number of carbonyl (C=O) groups is 1. The number of anilines is 3. The van der Waals surface area contributed by atoms with Crippen molar-refractivity contribution in [3.8, 4) is 5.75 Å². The summed E-state index contributed by atoms with van der Waals surface area (Å²) in [4.78, 5) is 20.6. The molecule has 3 N–H and O–H groups in total. The first-order valence-corrected chi connectivity index (χ1v) is 11.8. The molecule has 2 amide bonds. The fourth-order valence-electron chi connectivity index (χ4n) is 4.23. The van der Waals surface area contributed by atoms with Gasteiger partial charge in [0.05, 0.1) is 23.4 Å². The van der Waals surface area contributed by atoms with Gasteiger partial charge < -0.3 is 25.4 Å². The Morgan fingerprint density at radius 1 is 1.03 bits per heavy atom. The molecule has 4 rings (SSSR count). The number of nitrogens with one attached hydrogen (secondary N) is 3. The molecule has 3 aromatic rings. The number of hydrogen-bond donors (Lipinski definition) is 3. The SMILES string of the molecule is COCCOc1cc(F)c2c(Nc3ccc(NC(=O)NC4CCC(C(F)(F)F)CC4)cc3)ncnc2c1. The average molecular weight is 522 g/mol. The predicted molar refractivity (Wildman–Crippen MR) is 131 cm³/mol. The van der Waals surface area contributed by atoms with Crippen molar-refractivity contribution in [2.24, 2.45) is 5.92 Å². The number of benzene rings is 2. The molecule has 12 heteroatoms. The van der Waals surface area contributed by atoms with Crippen LogP contribution in [0.25, 0.3) is 10.9 Å². The lowest BCUT2D eigenvalue weighted by Crippen LogP contribution is -2.41. The van der Waals surface area contributed by atoms with Crippen molar-refractivity contribution in [3.63, 3.8) is 0 Å². The largest absolute Gasteiger partial charge is 0.491 e. The van der Waals surface area contributed by atoms with Crippen LogP contribution in [0, 0.1) is 11.7 Å². The number of rotatable bonds is 8. The first kappa shape index (κ1) is 26.4. The lowest BCUT2D eigenvalue weighted by molar-refractivity contribution is -0.182. The highest BCUT2D eigenvalue weighted by Gasteiger charge is 2.41. The standard InChI is InChI=1S/C25H27F4N5O3/c1-36-10-11-37-19-12-20(26)22-21(13-19)30-14-31-23(22)32-16-6-8-18(9-7-16)34-24(35)33-17-4-2-15(3-5-17)25(27,28)29/h6-9,12-15,17H,2-5,10-11H2,1H3,(H,30,31,32)(H2,33,34,35). The van der Waals surface area contributed by atoms with Crippen molar-refractivity contribution in [3.05, 3.63) is 48.5 Å². The van der Waals surface area contributed by atoms with Crippen molar-refractivity contribution in [2.75, 3.05) is 31.0 Å². The summed E-state index contributed by atoms with van der Waals surface area (Å²) in [5.41, 5.74) is 1.45. The second kappa shape index (κ2) is 11.6. The van der Waals surface area contributed by atoms with Crippen LogP contribution in [0.1, 0.15) is 25.7 Å². The highest BCUT2D eigenvalue weighted by atomic mass is 19.4. The summed E-state index contributed by atoms with van der Waals surface area (Å²) in [6.07, 6.45) is -2.29. The van der Waals surface area contributed by atoms with Crippen molar-refractivity contribution in [1.29, 1.82) is 0 Å². The molecule has 1 aliphatic rings. The van der Waals surface area contributed by atoms with Gasteiger partial charge in [0.1, 0.15) is 30.3 Å². The molecule has 198 valence electrons. The van der Waals surface area contributed by atoms with Gasteiger partial charge in [-0.05, 0) is 49.9 Å². The topological polar surface area (TPSA) is 97.4 Å². The van der Waals surface area contributed by atoms with Crippen LogP contribution in [0.15, 0.2) is 42.7 Å². The molecule has 1 saturated carbocycles. The van der Waals surface area contributed by atoms with Gasteiger partial charge in [0.15, 0.2) is 0 Å². The maximum Gasteiger partial charge on any atom is 0.391 e. The highest BCUT2D eigenvalue weighted by molar-refractivity contribution is 5.92. The van der Waals surface area contributed by atoms with Crippen LogP contribution in [0.5, 0.6) is 5.75 Å². The van der Waals surface area contributed by atoms with Crippen LogP contribution >= 0.6 is 0 Å². The van der Waals surface area contributed by atoms with Gasteiger partial charge in [0.25, 0.3) is 0 Å². The molecule has 0 radical (unpaired) electrons. The Bertz CT molecular complexity index is 1220. The first-order chi connectivity index (χ1) is 17.7. The molecule has 37 heavy (non-hydrogen) atoms. The fourth-order valence-corrected chi connectivity index (χ4v) is 4.23. The van der Waals surface area contributed by atoms with E-state index < -0.39 is 23.9 Å². The van der Waals surface area contributed by atoms with Crippen LogP contribution in [0.4, 0.5) is 39.5 Å². The van der Waals surface area contributed by atoms with Gasteiger partial charge in [0, 0.05) is 36.7 Å². The quantitative estimate of drug-likeness (QED) is 0.257. The molecule has 0 unspecified atom stereocenters. The zero-order valence-corrected chi connectivity index (χ0v) is 20.1. The second-order valence-corrected chi connectivity index (χ2v) is 8.75. The maximum absolute atomic E-state index is 14.9. The molecular weight excluding hydrogens is 494 g/mol. The van der Waals surface area contributed by atoms with Crippen molar-refractivity contribution >= 4 is 34.1 Å². The number of amides is 2. The monoisotopic (exact) mass is 521 g/mol. The number of alkyl halides is 3. The molecule has 2 aromatic carbocycles. The smallest absolute Gasteiger partial charge is 0.391 e. The molecular formula is C25H27F4N5O3. The highest BCUT2D eigenvalue weighted by Crippen LogP contribution is 2.37. The van der Waals surface area contributed by atoms with E-state index in [1.165, 1.54) is 12.4 Å². The number of ether oxygens (including phenoxy) is 2. The van der Waals surface area contributed by atoms with Crippen LogP contribution in [0.2, 0.25) is 0 Å². The van der Waals surface area contributed by atoms with Crippen LogP contribution < -0.4 is 20.7 Å². The van der Waals surface area contributed by atoms with Gasteiger partial charge in [-0.15, -0.1) is 0 Å². The minimum absolute atomic E-state index is 0.00921. The number of nitrogens with zero attached hydrogens (tertiary/aromatic N) is 2. The van der Waals surface area contributed by atoms with E-state index in [0.29, 0.717) is 29.2 Å². The van der Waals surface area contributed by atoms with E-state index in [9.17, 15) is 22.4 Å². The molecule has 0 atom stereocenters. The Morgan fingerprint density at radius 3 is 2.41 bits per heavy atom. The summed E-state index contributed by atoms with van der Waals surface area (Å²) in [5, 5.41) is 8.66. The van der Waals surface area contributed by atoms with Crippen molar-refractivity contribution < 1.29 is 31.8 Å². The third-order valence-electron chi connectivity index (χ3n) is 6.15. The Labute approximate surface area is 210 Å². The average Bonchev–Trinajstić information content (AvgIpc) is 2.85. The Hall–Kier alpha value is -3.67. The summed E-state index contributed by atoms with van der Waals surface area (Å²) in [5.74, 6) is -1.26. The predicted octanol–water partition coefficient (Wildman–Crippen LogP) is 5.78. The Kier molecular flexibility index (Phi) is 8.27. The molecule has 0 bridgehead atoms. The number of fused-ring (bicyclic) bond motifs is 1. The second-order valence-electron chi connectivity index (χ2n) is 8.75. The van der Waals surface area contributed by atoms with Gasteiger partial charge in [0.2, 0.25) is 0 Å². The fraction of sp³-hybridized carbons (Fsp3) is 0.400. The molecule has 0 spiro atoms. The van der Waals surface area contributed by atoms with E-state index in [4.69, 9.17) is 9.47 Å². The van der Waals surface area contributed by atoms with Crippen molar-refractivity contribution in [2.45, 2.75) is 37.9 Å². The number of urea groups is 1. The summed E-state index contributed by atoms with van der Waals surface area (Å²) < 4.78 is 63.7. The molecule has 0 saturated heterocycles. The molecule has 1 aliphatic carbocycles. The summed E-state index contributed by atoms with van der Waals surface area (Å²) in [6, 6.07) is 8.73. The first-order valence-electron chi connectivity index (χ1n) is 11.8. The number of halogens is 4. The zero-order valence-electron chi connectivity index (χ0n) is 20.1. The molecule has 8 nitrogen and oxygen atoms in total. The third kappa shape index (κ3) is 6.97. The van der Waals surface area contributed by atoms with E-state index in [1.807, 2.05) is 0 Å². The lowest BCUT2D eigenvalue weighted by Gasteiger charge is -2.30. The molecule has 1 fully saturated rings. The number of aromatic nitrogens is 2. The minimum atomic E-state index is -4.19. The van der Waals surface area contributed by atoms with Crippen LogP contribution in [-0.4, -0.2) is 48.5 Å². The maximum atomic E-state index is 14.9. The van der Waals surface area contributed by atoms with E-state index in [1.54, 1.807) is 37.4 Å². The summed E-state index contributed by atoms with van der Waals surface area (Å²) >= 11 is 0. The molecule has 1 heterocycles. The van der Waals surface area contributed by atoms with Gasteiger partial charge in [-0.3, -0.25) is 0 Å². The number of hydrogen-bond acceptors (Lipinski definition) is 6. The van der Waals surface area contributed by atoms with Crippen LogP contribution in [0.3, 0.4) is 0 Å². The van der Waals surface area contributed by atoms with E-state index in [-0.39, 0.29) is 49.5 Å². The van der Waals surface area contributed by atoms with Gasteiger partial charge >= 0.3 is 12.2 Å². The summed E-state index contributed by atoms with van der Waals surface area (Å²) in [6.45, 7) is 0.640. The van der Waals surface area contributed by atoms with E-state index >= 15 is 0 Å². The zero-order chi connectivity index (χ0) is 26.4. The Balaban J connectivity index is 1.35. The Morgan fingerprint density at radius 2 is 1.73 bits per heavy atom. The van der Waals surface area contributed by atoms with Crippen molar-refractivity contribution in [1.82, 2.24) is 15.3 Å². The lowest BCUT2D eigenvalue weighted by atomic mass is 9.86. The normalized spacial score (nSPS) is 17.9. The number of carbonyl (C=O) groups excluding carboxylic acids is 1. The van der Waals surface area contributed by atoms with E-state index in [2.05, 4.69) is 25.9 Å². The third-order valence-corrected chi connectivity index (χ3v) is 6.15. The molecule has 1 aromatic heterocycles.